The lowest BCUT2D eigenvalue weighted by Gasteiger charge is -2.19. The average molecular weight is 290 g/mol. The summed E-state index contributed by atoms with van der Waals surface area (Å²) in [7, 11) is 2.06. The highest BCUT2D eigenvalue weighted by Crippen LogP contribution is 2.34. The van der Waals surface area contributed by atoms with Crippen molar-refractivity contribution in [1.29, 1.82) is 0 Å². The van der Waals surface area contributed by atoms with E-state index in [1.807, 2.05) is 24.3 Å². The van der Waals surface area contributed by atoms with Crippen LogP contribution in [0.25, 0.3) is 0 Å². The molecule has 1 aromatic carbocycles. The van der Waals surface area contributed by atoms with E-state index >= 15 is 0 Å². The van der Waals surface area contributed by atoms with Crippen LogP contribution in [-0.2, 0) is 0 Å². The standard InChI is InChI=1S/C17H26N2O2/c1-3-11-19(2)15-8-6-14(7-9-15)17(21)18-16(10-12-20)13-4-5-13/h6-9,13,16,20H,3-5,10-12H2,1-2H3,(H,18,21). The molecular formula is C17H26N2O2. The van der Waals surface area contributed by atoms with Gasteiger partial charge in [0.2, 0.25) is 0 Å². The molecule has 1 saturated carbocycles. The van der Waals surface area contributed by atoms with E-state index in [0.29, 0.717) is 17.9 Å². The second-order valence-corrected chi connectivity index (χ2v) is 5.90. The number of rotatable bonds is 8. The van der Waals surface area contributed by atoms with Crippen LogP contribution in [0, 0.1) is 5.92 Å². The van der Waals surface area contributed by atoms with Gasteiger partial charge in [-0.3, -0.25) is 4.79 Å². The summed E-state index contributed by atoms with van der Waals surface area (Å²) < 4.78 is 0. The lowest BCUT2D eigenvalue weighted by molar-refractivity contribution is 0.0924. The molecule has 21 heavy (non-hydrogen) atoms. The van der Waals surface area contributed by atoms with Gasteiger partial charge in [-0.2, -0.15) is 0 Å². The van der Waals surface area contributed by atoms with Gasteiger partial charge in [0.05, 0.1) is 0 Å². The second-order valence-electron chi connectivity index (χ2n) is 5.90. The maximum Gasteiger partial charge on any atom is 0.251 e. The fourth-order valence-corrected chi connectivity index (χ4v) is 2.65. The summed E-state index contributed by atoms with van der Waals surface area (Å²) in [6, 6.07) is 7.84. The Morgan fingerprint density at radius 3 is 2.57 bits per heavy atom. The third-order valence-corrected chi connectivity index (χ3v) is 4.08. The zero-order valence-electron chi connectivity index (χ0n) is 13.0. The molecule has 1 amide bonds. The highest BCUT2D eigenvalue weighted by Gasteiger charge is 2.31. The largest absolute Gasteiger partial charge is 0.396 e. The summed E-state index contributed by atoms with van der Waals surface area (Å²) in [5.41, 5.74) is 1.81. The van der Waals surface area contributed by atoms with Gasteiger partial charge in [-0.25, -0.2) is 0 Å². The Bertz CT molecular complexity index is 454. The molecule has 1 aliphatic carbocycles. The van der Waals surface area contributed by atoms with Gasteiger partial charge in [0.1, 0.15) is 0 Å². The number of carbonyl (C=O) groups is 1. The Labute approximate surface area is 127 Å². The highest BCUT2D eigenvalue weighted by atomic mass is 16.3. The Balaban J connectivity index is 1.95. The first-order valence-corrected chi connectivity index (χ1v) is 7.88. The van der Waals surface area contributed by atoms with Gasteiger partial charge in [-0.05, 0) is 55.9 Å². The topological polar surface area (TPSA) is 52.6 Å². The molecular weight excluding hydrogens is 264 g/mol. The molecule has 0 aliphatic heterocycles. The number of hydrogen-bond acceptors (Lipinski definition) is 3. The summed E-state index contributed by atoms with van der Waals surface area (Å²) in [5.74, 6) is 0.515. The van der Waals surface area contributed by atoms with Crippen LogP contribution in [0.2, 0.25) is 0 Å². The Hall–Kier alpha value is -1.55. The van der Waals surface area contributed by atoms with Crippen LogP contribution in [0.3, 0.4) is 0 Å². The third kappa shape index (κ3) is 4.46. The summed E-state index contributed by atoms with van der Waals surface area (Å²) in [6.07, 6.45) is 4.06. The fourth-order valence-electron chi connectivity index (χ4n) is 2.65. The van der Waals surface area contributed by atoms with E-state index < -0.39 is 0 Å². The van der Waals surface area contributed by atoms with E-state index in [4.69, 9.17) is 5.11 Å². The number of nitrogens with one attached hydrogen (secondary N) is 1. The van der Waals surface area contributed by atoms with E-state index in [0.717, 1.165) is 31.5 Å². The van der Waals surface area contributed by atoms with Gasteiger partial charge in [0, 0.05) is 37.5 Å². The van der Waals surface area contributed by atoms with Crippen LogP contribution in [0.5, 0.6) is 0 Å². The number of amides is 1. The van der Waals surface area contributed by atoms with Crippen LogP contribution in [0.1, 0.15) is 43.0 Å². The van der Waals surface area contributed by atoms with Gasteiger partial charge >= 0.3 is 0 Å². The minimum Gasteiger partial charge on any atom is -0.396 e. The molecule has 1 aromatic rings. The maximum absolute atomic E-state index is 12.3. The highest BCUT2D eigenvalue weighted by molar-refractivity contribution is 5.94. The van der Waals surface area contributed by atoms with Crippen LogP contribution in [-0.4, -0.2) is 37.3 Å². The smallest absolute Gasteiger partial charge is 0.251 e. The minimum absolute atomic E-state index is 0.0370. The monoisotopic (exact) mass is 290 g/mol. The predicted molar refractivity (Wildman–Crippen MR) is 85.7 cm³/mol. The molecule has 0 radical (unpaired) electrons. The second kappa shape index (κ2) is 7.46. The van der Waals surface area contributed by atoms with Gasteiger partial charge in [0.15, 0.2) is 0 Å². The molecule has 0 saturated heterocycles. The molecule has 1 atom stereocenters. The lowest BCUT2D eigenvalue weighted by Crippen LogP contribution is -2.37. The average Bonchev–Trinajstić information content (AvgIpc) is 3.32. The maximum atomic E-state index is 12.3. The molecule has 2 rings (SSSR count). The fraction of sp³-hybridized carbons (Fsp3) is 0.588. The van der Waals surface area contributed by atoms with E-state index in [-0.39, 0.29) is 18.6 Å². The van der Waals surface area contributed by atoms with Crippen molar-refractivity contribution in [3.05, 3.63) is 29.8 Å². The van der Waals surface area contributed by atoms with Crippen molar-refractivity contribution in [2.24, 2.45) is 5.92 Å². The van der Waals surface area contributed by atoms with E-state index in [2.05, 4.69) is 24.2 Å². The molecule has 4 heteroatoms. The van der Waals surface area contributed by atoms with Crippen LogP contribution < -0.4 is 10.2 Å². The van der Waals surface area contributed by atoms with E-state index in [9.17, 15) is 4.79 Å². The number of benzene rings is 1. The summed E-state index contributed by atoms with van der Waals surface area (Å²) in [6.45, 7) is 3.28. The van der Waals surface area contributed by atoms with Gasteiger partial charge in [0.25, 0.3) is 5.91 Å². The number of hydrogen-bond donors (Lipinski definition) is 2. The van der Waals surface area contributed by atoms with Crippen LogP contribution >= 0.6 is 0 Å². The van der Waals surface area contributed by atoms with Crippen molar-refractivity contribution in [3.8, 4) is 0 Å². The van der Waals surface area contributed by atoms with Crippen molar-refractivity contribution in [1.82, 2.24) is 5.32 Å². The summed E-state index contributed by atoms with van der Waals surface area (Å²) >= 11 is 0. The van der Waals surface area contributed by atoms with Crippen molar-refractivity contribution in [3.63, 3.8) is 0 Å². The zero-order chi connectivity index (χ0) is 15.2. The Morgan fingerprint density at radius 2 is 2.05 bits per heavy atom. The zero-order valence-corrected chi connectivity index (χ0v) is 13.0. The normalized spacial score (nSPS) is 15.6. The molecule has 1 unspecified atom stereocenters. The van der Waals surface area contributed by atoms with Crippen LogP contribution in [0.15, 0.2) is 24.3 Å². The van der Waals surface area contributed by atoms with Gasteiger partial charge < -0.3 is 15.3 Å². The molecule has 116 valence electrons. The molecule has 0 spiro atoms. The van der Waals surface area contributed by atoms with Gasteiger partial charge in [-0.1, -0.05) is 6.92 Å². The lowest BCUT2D eigenvalue weighted by atomic mass is 10.1. The van der Waals surface area contributed by atoms with E-state index in [1.54, 1.807) is 0 Å². The first-order valence-electron chi connectivity index (χ1n) is 7.88. The van der Waals surface area contributed by atoms with Crippen molar-refractivity contribution in [2.75, 3.05) is 25.1 Å². The first kappa shape index (κ1) is 15.8. The van der Waals surface area contributed by atoms with Crippen LogP contribution in [0.4, 0.5) is 5.69 Å². The number of aliphatic hydroxyl groups excluding tert-OH is 1. The molecule has 0 aromatic heterocycles. The van der Waals surface area contributed by atoms with E-state index in [1.165, 1.54) is 0 Å². The summed E-state index contributed by atoms with van der Waals surface area (Å²) in [4.78, 5) is 14.4. The molecule has 0 bridgehead atoms. The number of carbonyl (C=O) groups excluding carboxylic acids is 1. The van der Waals surface area contributed by atoms with Gasteiger partial charge in [-0.15, -0.1) is 0 Å². The number of aliphatic hydroxyl groups is 1. The third-order valence-electron chi connectivity index (χ3n) is 4.08. The SMILES string of the molecule is CCCN(C)c1ccc(C(=O)NC(CCO)C2CC2)cc1. The molecule has 2 N–H and O–H groups in total. The van der Waals surface area contributed by atoms with Crippen molar-refractivity contribution >= 4 is 11.6 Å². The van der Waals surface area contributed by atoms with Crippen molar-refractivity contribution < 1.29 is 9.90 Å². The molecule has 1 aliphatic rings. The number of anilines is 1. The molecule has 1 fully saturated rings. The first-order chi connectivity index (χ1) is 10.2. The summed E-state index contributed by atoms with van der Waals surface area (Å²) in [5, 5.41) is 12.1. The predicted octanol–water partition coefficient (Wildman–Crippen LogP) is 2.42. The molecule has 4 nitrogen and oxygen atoms in total. The quantitative estimate of drug-likeness (QED) is 0.773. The van der Waals surface area contributed by atoms with Crippen molar-refractivity contribution in [2.45, 2.75) is 38.6 Å². The number of nitrogens with zero attached hydrogens (tertiary/aromatic N) is 1. The molecule has 0 heterocycles. The Kier molecular flexibility index (Phi) is 5.62. The minimum atomic E-state index is -0.0370. The Morgan fingerprint density at radius 1 is 1.38 bits per heavy atom.